The number of piperidine rings is 1. The number of carbonyl (C=O) groups excluding carboxylic acids is 2. The number of hydrogen-bond acceptors (Lipinski definition) is 5. The van der Waals surface area contributed by atoms with E-state index in [0.717, 1.165) is 43.9 Å². The largest absolute Gasteiger partial charge is 0.489 e. The fourth-order valence-electron chi connectivity index (χ4n) is 5.46. The zero-order valence-corrected chi connectivity index (χ0v) is 21.5. The molecule has 1 aromatic rings. The van der Waals surface area contributed by atoms with Crippen molar-refractivity contribution in [1.82, 2.24) is 20.0 Å². The van der Waals surface area contributed by atoms with Crippen molar-refractivity contribution in [2.24, 2.45) is 11.8 Å². The van der Waals surface area contributed by atoms with Gasteiger partial charge in [-0.15, -0.1) is 0 Å². The van der Waals surface area contributed by atoms with Gasteiger partial charge in [-0.05, 0) is 64.1 Å². The van der Waals surface area contributed by atoms with E-state index in [0.29, 0.717) is 39.2 Å². The zero-order chi connectivity index (χ0) is 24.6. The number of benzene rings is 1. The maximum absolute atomic E-state index is 13.3. The summed E-state index contributed by atoms with van der Waals surface area (Å²) in [6, 6.07) is 8.33. The van der Waals surface area contributed by atoms with Gasteiger partial charge in [0.1, 0.15) is 12.4 Å². The average Bonchev–Trinajstić information content (AvgIpc) is 3.36. The van der Waals surface area contributed by atoms with Crippen LogP contribution in [0.3, 0.4) is 0 Å². The first-order valence-electron chi connectivity index (χ1n) is 13.4. The first-order chi connectivity index (χ1) is 17.0. The van der Waals surface area contributed by atoms with Crippen LogP contribution in [0.25, 0.3) is 0 Å². The van der Waals surface area contributed by atoms with Gasteiger partial charge in [0.05, 0.1) is 6.54 Å². The lowest BCUT2D eigenvalue weighted by Gasteiger charge is -2.38. The molecule has 3 aliphatic rings. The molecule has 0 aromatic heterocycles. The van der Waals surface area contributed by atoms with Crippen LogP contribution >= 0.6 is 0 Å². The first-order valence-corrected chi connectivity index (χ1v) is 13.4. The molecule has 7 heteroatoms. The third-order valence-corrected chi connectivity index (χ3v) is 7.69. The number of likely N-dealkylation sites (tertiary alicyclic amines) is 1. The highest BCUT2D eigenvalue weighted by Gasteiger charge is 2.32. The summed E-state index contributed by atoms with van der Waals surface area (Å²) in [4.78, 5) is 32.6. The van der Waals surface area contributed by atoms with Crippen LogP contribution in [-0.2, 0) is 16.1 Å². The molecule has 2 fully saturated rings. The van der Waals surface area contributed by atoms with Crippen LogP contribution in [0.15, 0.2) is 36.4 Å². The topological polar surface area (TPSA) is 65.1 Å². The van der Waals surface area contributed by atoms with Crippen LogP contribution in [0, 0.1) is 11.8 Å². The number of carbonyl (C=O) groups is 2. The molecule has 192 valence electrons. The highest BCUT2D eigenvalue weighted by atomic mass is 16.5. The molecule has 0 radical (unpaired) electrons. The van der Waals surface area contributed by atoms with Gasteiger partial charge < -0.3 is 19.9 Å². The lowest BCUT2D eigenvalue weighted by atomic mass is 9.82. The normalized spacial score (nSPS) is 24.3. The third-order valence-electron chi connectivity index (χ3n) is 7.69. The first kappa shape index (κ1) is 25.7. The van der Waals surface area contributed by atoms with E-state index in [1.807, 2.05) is 23.1 Å². The summed E-state index contributed by atoms with van der Waals surface area (Å²) in [6.45, 7) is 11.2. The number of ether oxygens (including phenoxy) is 1. The predicted molar refractivity (Wildman–Crippen MR) is 138 cm³/mol. The molecule has 35 heavy (non-hydrogen) atoms. The Labute approximate surface area is 210 Å². The quantitative estimate of drug-likeness (QED) is 0.632. The summed E-state index contributed by atoms with van der Waals surface area (Å²) < 4.78 is 6.12. The van der Waals surface area contributed by atoms with Crippen LogP contribution < -0.4 is 10.1 Å². The van der Waals surface area contributed by atoms with Crippen molar-refractivity contribution in [3.8, 4) is 5.75 Å². The second-order valence-electron chi connectivity index (χ2n) is 10.5. The zero-order valence-electron chi connectivity index (χ0n) is 21.5. The molecule has 2 atom stereocenters. The number of hydrogen-bond donors (Lipinski definition) is 1. The maximum Gasteiger partial charge on any atom is 0.236 e. The van der Waals surface area contributed by atoms with Crippen LogP contribution in [0.4, 0.5) is 0 Å². The molecule has 2 amide bonds. The number of amides is 2. The monoisotopic (exact) mass is 482 g/mol. The van der Waals surface area contributed by atoms with Crippen molar-refractivity contribution in [2.45, 2.75) is 52.1 Å². The van der Waals surface area contributed by atoms with Gasteiger partial charge in [0.15, 0.2) is 0 Å². The molecule has 0 aliphatic carbocycles. The standard InChI is InChI=1S/C28H42N4O3/c1-22(2)32-20-25-8-3-4-10-26(25)35-17-7-9-24-19-31(28(34)21-32)15-11-23(24)18-27(33)29-12-16-30-13-5-6-14-30/h3-4,7-10,22-24H,5-6,11-21H2,1-2H3,(H,29,33)/t23-,24-/m0/s1. The summed E-state index contributed by atoms with van der Waals surface area (Å²) in [5.74, 6) is 1.56. The van der Waals surface area contributed by atoms with E-state index in [1.54, 1.807) is 0 Å². The van der Waals surface area contributed by atoms with Gasteiger partial charge in [0, 0.05) is 50.7 Å². The Morgan fingerprint density at radius 2 is 1.94 bits per heavy atom. The molecule has 0 spiro atoms. The van der Waals surface area contributed by atoms with E-state index in [2.05, 4.69) is 47.2 Å². The fourth-order valence-corrected chi connectivity index (χ4v) is 5.46. The number of rotatable bonds is 6. The number of nitrogens with zero attached hydrogens (tertiary/aromatic N) is 3. The lowest BCUT2D eigenvalue weighted by molar-refractivity contribution is -0.135. The van der Waals surface area contributed by atoms with Crippen molar-refractivity contribution in [3.05, 3.63) is 42.0 Å². The number of nitrogens with one attached hydrogen (secondary N) is 1. The van der Waals surface area contributed by atoms with Gasteiger partial charge in [0.25, 0.3) is 0 Å². The van der Waals surface area contributed by atoms with Crippen LogP contribution in [0.2, 0.25) is 0 Å². The van der Waals surface area contributed by atoms with E-state index in [4.69, 9.17) is 4.74 Å². The SMILES string of the molecule is CC(C)N1CC(=O)N2CC[C@@H](CC(=O)NCCN3CCCC3)[C@@H](C=CCOc3ccccc3C1)C2. The Morgan fingerprint density at radius 3 is 2.74 bits per heavy atom. The van der Waals surface area contributed by atoms with Crippen molar-refractivity contribution < 1.29 is 14.3 Å². The van der Waals surface area contributed by atoms with E-state index in [-0.39, 0.29) is 29.7 Å². The van der Waals surface area contributed by atoms with Gasteiger partial charge in [0.2, 0.25) is 11.8 Å². The minimum absolute atomic E-state index is 0.126. The Morgan fingerprint density at radius 1 is 1.14 bits per heavy atom. The molecule has 2 bridgehead atoms. The predicted octanol–water partition coefficient (Wildman–Crippen LogP) is 2.91. The molecular weight excluding hydrogens is 440 g/mol. The smallest absolute Gasteiger partial charge is 0.236 e. The minimum Gasteiger partial charge on any atom is -0.489 e. The molecule has 1 aromatic carbocycles. The second-order valence-corrected chi connectivity index (χ2v) is 10.5. The molecule has 2 saturated heterocycles. The van der Waals surface area contributed by atoms with E-state index in [1.165, 1.54) is 12.8 Å². The molecule has 3 aliphatic heterocycles. The summed E-state index contributed by atoms with van der Waals surface area (Å²) in [7, 11) is 0. The number of fused-ring (bicyclic) bond motifs is 3. The summed E-state index contributed by atoms with van der Waals surface area (Å²) in [5, 5.41) is 3.13. The molecule has 1 N–H and O–H groups in total. The number of para-hydroxylation sites is 1. The molecule has 0 saturated carbocycles. The Bertz CT molecular complexity index is 881. The van der Waals surface area contributed by atoms with E-state index >= 15 is 0 Å². The Balaban J connectivity index is 1.41. The van der Waals surface area contributed by atoms with Crippen molar-refractivity contribution in [3.63, 3.8) is 0 Å². The molecule has 0 unspecified atom stereocenters. The van der Waals surface area contributed by atoms with Gasteiger partial charge in [-0.2, -0.15) is 0 Å². The van der Waals surface area contributed by atoms with Gasteiger partial charge in [-0.1, -0.05) is 30.4 Å². The van der Waals surface area contributed by atoms with Gasteiger partial charge >= 0.3 is 0 Å². The van der Waals surface area contributed by atoms with Crippen molar-refractivity contribution >= 4 is 11.8 Å². The van der Waals surface area contributed by atoms with Crippen molar-refractivity contribution in [2.75, 3.05) is 52.4 Å². The average molecular weight is 483 g/mol. The maximum atomic E-state index is 13.3. The second kappa shape index (κ2) is 12.5. The molecule has 3 heterocycles. The summed E-state index contributed by atoms with van der Waals surface area (Å²) in [5.41, 5.74) is 1.10. The molecular formula is C28H42N4O3. The Kier molecular flexibility index (Phi) is 9.21. The minimum atomic E-state index is 0.126. The van der Waals surface area contributed by atoms with Crippen LogP contribution in [0.1, 0.15) is 45.1 Å². The lowest BCUT2D eigenvalue weighted by Crippen LogP contribution is -2.48. The van der Waals surface area contributed by atoms with Crippen molar-refractivity contribution in [1.29, 1.82) is 0 Å². The van der Waals surface area contributed by atoms with E-state index < -0.39 is 0 Å². The van der Waals surface area contributed by atoms with Crippen LogP contribution in [0.5, 0.6) is 5.75 Å². The van der Waals surface area contributed by atoms with Gasteiger partial charge in [-0.3, -0.25) is 14.5 Å². The van der Waals surface area contributed by atoms with E-state index in [9.17, 15) is 9.59 Å². The summed E-state index contributed by atoms with van der Waals surface area (Å²) >= 11 is 0. The molecule has 7 nitrogen and oxygen atoms in total. The third kappa shape index (κ3) is 7.31. The van der Waals surface area contributed by atoms with Gasteiger partial charge in [-0.25, -0.2) is 0 Å². The fraction of sp³-hybridized carbons (Fsp3) is 0.643. The molecule has 4 rings (SSSR count). The van der Waals surface area contributed by atoms with Crippen LogP contribution in [-0.4, -0.2) is 85.0 Å². The summed E-state index contributed by atoms with van der Waals surface area (Å²) in [6.07, 6.45) is 8.13. The Hall–Kier alpha value is -2.38. The highest BCUT2D eigenvalue weighted by molar-refractivity contribution is 5.79. The highest BCUT2D eigenvalue weighted by Crippen LogP contribution is 2.29.